The van der Waals surface area contributed by atoms with Crippen molar-refractivity contribution in [2.24, 2.45) is 0 Å². The number of unbranched alkanes of at least 4 members (excludes halogenated alkanes) is 1. The lowest BCUT2D eigenvalue weighted by molar-refractivity contribution is 0.505. The summed E-state index contributed by atoms with van der Waals surface area (Å²) in [6, 6.07) is 10.8. The van der Waals surface area contributed by atoms with E-state index >= 15 is 0 Å². The molecule has 0 aliphatic carbocycles. The molecule has 0 N–H and O–H groups in total. The molecular formula is C15H21NS. The summed E-state index contributed by atoms with van der Waals surface area (Å²) < 4.78 is 0. The molecule has 0 bridgehead atoms. The molecule has 0 saturated carbocycles. The molecular weight excluding hydrogens is 226 g/mol. The van der Waals surface area contributed by atoms with Crippen molar-refractivity contribution >= 4 is 17.2 Å². The summed E-state index contributed by atoms with van der Waals surface area (Å²) in [5, 5.41) is 0. The minimum Gasteiger partial charge on any atom is -0.366 e. The third-order valence-corrected chi connectivity index (χ3v) is 4.02. The first-order valence-corrected chi connectivity index (χ1v) is 7.04. The van der Waals surface area contributed by atoms with Crippen molar-refractivity contribution in [3.05, 3.63) is 35.9 Å². The Bertz CT molecular complexity index is 360. The molecule has 2 rings (SSSR count). The first kappa shape index (κ1) is 12.6. The number of thiocarbonyl (C=S) groups is 1. The Morgan fingerprint density at radius 2 is 2.12 bits per heavy atom. The zero-order valence-electron chi connectivity index (χ0n) is 10.6. The lowest BCUT2D eigenvalue weighted by Crippen LogP contribution is -2.26. The quantitative estimate of drug-likeness (QED) is 0.740. The van der Waals surface area contributed by atoms with Gasteiger partial charge in [0.05, 0.1) is 4.99 Å². The van der Waals surface area contributed by atoms with Crippen LogP contribution in [0.15, 0.2) is 30.3 Å². The van der Waals surface area contributed by atoms with Gasteiger partial charge in [-0.15, -0.1) is 0 Å². The molecule has 1 atom stereocenters. The van der Waals surface area contributed by atoms with Gasteiger partial charge in [-0.25, -0.2) is 0 Å². The van der Waals surface area contributed by atoms with Crippen molar-refractivity contribution in [2.45, 2.75) is 38.5 Å². The molecule has 1 saturated heterocycles. The zero-order valence-corrected chi connectivity index (χ0v) is 11.4. The minimum absolute atomic E-state index is 0.677. The number of nitrogens with zero attached hydrogens (tertiary/aromatic N) is 1. The van der Waals surface area contributed by atoms with E-state index in [1.807, 2.05) is 0 Å². The average molecular weight is 247 g/mol. The number of benzene rings is 1. The molecule has 0 aromatic heterocycles. The monoisotopic (exact) mass is 247 g/mol. The summed E-state index contributed by atoms with van der Waals surface area (Å²) in [5.41, 5.74) is 1.47. The fourth-order valence-electron chi connectivity index (χ4n) is 2.47. The zero-order chi connectivity index (χ0) is 12.1. The van der Waals surface area contributed by atoms with Gasteiger partial charge in [-0.3, -0.25) is 0 Å². The summed E-state index contributed by atoms with van der Waals surface area (Å²) >= 11 is 5.51. The molecule has 0 amide bonds. The SMILES string of the molecule is CCCCC(=S)N1CCC(c2ccccc2)C1. The van der Waals surface area contributed by atoms with Crippen molar-refractivity contribution in [2.75, 3.05) is 13.1 Å². The number of hydrogen-bond acceptors (Lipinski definition) is 1. The van der Waals surface area contributed by atoms with E-state index < -0.39 is 0 Å². The number of hydrogen-bond donors (Lipinski definition) is 0. The van der Waals surface area contributed by atoms with Gasteiger partial charge in [0, 0.05) is 19.0 Å². The van der Waals surface area contributed by atoms with Crippen LogP contribution in [-0.4, -0.2) is 23.0 Å². The number of likely N-dealkylation sites (tertiary alicyclic amines) is 1. The Balaban J connectivity index is 1.89. The molecule has 1 aromatic rings. The molecule has 1 fully saturated rings. The van der Waals surface area contributed by atoms with Crippen LogP contribution in [0.5, 0.6) is 0 Å². The predicted octanol–water partition coefficient (Wildman–Crippen LogP) is 3.99. The normalized spacial score (nSPS) is 19.6. The van der Waals surface area contributed by atoms with Crippen LogP contribution in [0.2, 0.25) is 0 Å². The molecule has 1 aliphatic rings. The third kappa shape index (κ3) is 3.29. The van der Waals surface area contributed by atoms with Gasteiger partial charge in [-0.2, -0.15) is 0 Å². The van der Waals surface area contributed by atoms with Gasteiger partial charge < -0.3 is 4.90 Å². The van der Waals surface area contributed by atoms with Crippen molar-refractivity contribution in [1.82, 2.24) is 4.90 Å². The summed E-state index contributed by atoms with van der Waals surface area (Å²) in [5.74, 6) is 0.677. The van der Waals surface area contributed by atoms with Crippen molar-refractivity contribution in [3.8, 4) is 0 Å². The van der Waals surface area contributed by atoms with Crippen LogP contribution in [0.1, 0.15) is 44.1 Å². The van der Waals surface area contributed by atoms with Crippen LogP contribution >= 0.6 is 12.2 Å². The second kappa shape index (κ2) is 6.15. The Morgan fingerprint density at radius 3 is 2.82 bits per heavy atom. The maximum atomic E-state index is 5.51. The summed E-state index contributed by atoms with van der Waals surface area (Å²) in [6.07, 6.45) is 4.80. The molecule has 17 heavy (non-hydrogen) atoms. The van der Waals surface area contributed by atoms with Gasteiger partial charge in [0.25, 0.3) is 0 Å². The van der Waals surface area contributed by atoms with Gasteiger partial charge in [0.2, 0.25) is 0 Å². The molecule has 1 aliphatic heterocycles. The van der Waals surface area contributed by atoms with Crippen LogP contribution < -0.4 is 0 Å². The first-order chi connectivity index (χ1) is 8.31. The largest absolute Gasteiger partial charge is 0.366 e. The molecule has 1 nitrogen and oxygen atoms in total. The highest BCUT2D eigenvalue weighted by atomic mass is 32.1. The van der Waals surface area contributed by atoms with Gasteiger partial charge in [-0.05, 0) is 24.8 Å². The van der Waals surface area contributed by atoms with E-state index in [2.05, 4.69) is 42.2 Å². The highest BCUT2D eigenvalue weighted by Crippen LogP contribution is 2.27. The highest BCUT2D eigenvalue weighted by molar-refractivity contribution is 7.80. The first-order valence-electron chi connectivity index (χ1n) is 6.64. The molecule has 0 radical (unpaired) electrons. The van der Waals surface area contributed by atoms with Crippen LogP contribution in [0.4, 0.5) is 0 Å². The Hall–Kier alpha value is -0.890. The van der Waals surface area contributed by atoms with Crippen molar-refractivity contribution in [1.29, 1.82) is 0 Å². The maximum absolute atomic E-state index is 5.51. The smallest absolute Gasteiger partial charge is 0.0779 e. The van der Waals surface area contributed by atoms with Crippen LogP contribution in [0, 0.1) is 0 Å². The molecule has 0 spiro atoms. The highest BCUT2D eigenvalue weighted by Gasteiger charge is 2.24. The van der Waals surface area contributed by atoms with E-state index in [4.69, 9.17) is 12.2 Å². The van der Waals surface area contributed by atoms with Gasteiger partial charge in [0.15, 0.2) is 0 Å². The molecule has 2 heteroatoms. The van der Waals surface area contributed by atoms with E-state index in [0.717, 1.165) is 19.5 Å². The van der Waals surface area contributed by atoms with E-state index in [0.29, 0.717) is 5.92 Å². The van der Waals surface area contributed by atoms with Gasteiger partial charge >= 0.3 is 0 Å². The lowest BCUT2D eigenvalue weighted by atomic mass is 9.99. The van der Waals surface area contributed by atoms with Crippen LogP contribution in [0.3, 0.4) is 0 Å². The third-order valence-electron chi connectivity index (χ3n) is 3.56. The minimum atomic E-state index is 0.677. The molecule has 1 unspecified atom stereocenters. The van der Waals surface area contributed by atoms with Crippen molar-refractivity contribution < 1.29 is 0 Å². The van der Waals surface area contributed by atoms with E-state index in [9.17, 15) is 0 Å². The molecule has 92 valence electrons. The fourth-order valence-corrected chi connectivity index (χ4v) is 2.78. The van der Waals surface area contributed by atoms with E-state index in [1.54, 1.807) is 0 Å². The maximum Gasteiger partial charge on any atom is 0.0779 e. The Morgan fingerprint density at radius 1 is 1.35 bits per heavy atom. The van der Waals surface area contributed by atoms with Gasteiger partial charge in [0.1, 0.15) is 0 Å². The van der Waals surface area contributed by atoms with Crippen LogP contribution in [0.25, 0.3) is 0 Å². The van der Waals surface area contributed by atoms with Gasteiger partial charge in [-0.1, -0.05) is 55.9 Å². The topological polar surface area (TPSA) is 3.24 Å². The number of rotatable bonds is 4. The van der Waals surface area contributed by atoms with Crippen LogP contribution in [-0.2, 0) is 0 Å². The average Bonchev–Trinajstić information content (AvgIpc) is 2.86. The molecule has 1 aromatic carbocycles. The Kier molecular flexibility index (Phi) is 4.55. The summed E-state index contributed by atoms with van der Waals surface area (Å²) in [7, 11) is 0. The second-order valence-electron chi connectivity index (χ2n) is 4.84. The predicted molar refractivity (Wildman–Crippen MR) is 77.5 cm³/mol. The fraction of sp³-hybridized carbons (Fsp3) is 0.533. The molecule has 1 heterocycles. The second-order valence-corrected chi connectivity index (χ2v) is 5.31. The summed E-state index contributed by atoms with van der Waals surface area (Å²) in [6.45, 7) is 4.48. The van der Waals surface area contributed by atoms with E-state index in [-0.39, 0.29) is 0 Å². The Labute approximate surface area is 110 Å². The van der Waals surface area contributed by atoms with Crippen molar-refractivity contribution in [3.63, 3.8) is 0 Å². The standard InChI is InChI=1S/C15H21NS/c1-2-3-9-15(17)16-11-10-14(12-16)13-7-5-4-6-8-13/h4-8,14H,2-3,9-12H2,1H3. The summed E-state index contributed by atoms with van der Waals surface area (Å²) in [4.78, 5) is 3.58. The lowest BCUT2D eigenvalue weighted by Gasteiger charge is -2.19. The van der Waals surface area contributed by atoms with E-state index in [1.165, 1.54) is 29.8 Å².